The Hall–Kier alpha value is -3.61. The van der Waals surface area contributed by atoms with E-state index in [2.05, 4.69) is 10.6 Å². The number of hydrogen-bond donors (Lipinski definition) is 3. The molecule has 162 valence electrons. The summed E-state index contributed by atoms with van der Waals surface area (Å²) in [5, 5.41) is 16.6. The Labute approximate surface area is 181 Å². The minimum absolute atomic E-state index is 0.0694. The van der Waals surface area contributed by atoms with Crippen molar-refractivity contribution in [2.45, 2.75) is 26.8 Å². The van der Waals surface area contributed by atoms with Crippen LogP contribution in [0.25, 0.3) is 0 Å². The van der Waals surface area contributed by atoms with E-state index in [1.165, 1.54) is 11.0 Å². The summed E-state index contributed by atoms with van der Waals surface area (Å²) in [6.45, 7) is 6.12. The highest BCUT2D eigenvalue weighted by Crippen LogP contribution is 2.38. The molecular formula is C24H27N3O4. The number of carbonyl (C=O) groups excluding carboxylic acids is 1. The molecule has 0 aromatic heterocycles. The van der Waals surface area contributed by atoms with Crippen molar-refractivity contribution in [2.24, 2.45) is 5.41 Å². The van der Waals surface area contributed by atoms with E-state index in [1.807, 2.05) is 51.1 Å². The number of phenolic OH excluding ortho intramolecular Hbond substituents is 1. The summed E-state index contributed by atoms with van der Waals surface area (Å²) in [6.07, 6.45) is 0. The topological polar surface area (TPSA) is 98.7 Å². The van der Waals surface area contributed by atoms with Gasteiger partial charge in [0.2, 0.25) is 0 Å². The number of nitrogens with one attached hydrogen (secondary N) is 2. The van der Waals surface area contributed by atoms with Gasteiger partial charge in [-0.1, -0.05) is 57.2 Å². The summed E-state index contributed by atoms with van der Waals surface area (Å²) in [6, 6.07) is 14.1. The molecule has 3 rings (SSSR count). The van der Waals surface area contributed by atoms with Gasteiger partial charge in [-0.15, -0.1) is 0 Å². The molecule has 0 aliphatic heterocycles. The van der Waals surface area contributed by atoms with Gasteiger partial charge in [-0.25, -0.2) is 0 Å². The number of phenols is 1. The molecule has 0 aliphatic rings. The predicted octanol–water partition coefficient (Wildman–Crippen LogP) is 3.63. The van der Waals surface area contributed by atoms with Gasteiger partial charge in [0.15, 0.2) is 5.75 Å². The maximum absolute atomic E-state index is 12.4. The highest BCUT2D eigenvalue weighted by atomic mass is 16.3. The van der Waals surface area contributed by atoms with Crippen LogP contribution in [0.2, 0.25) is 0 Å². The van der Waals surface area contributed by atoms with Crippen molar-refractivity contribution >= 4 is 23.0 Å². The third-order valence-electron chi connectivity index (χ3n) is 5.13. The molecule has 0 aliphatic carbocycles. The van der Waals surface area contributed by atoms with Crippen molar-refractivity contribution in [2.75, 3.05) is 24.7 Å². The molecule has 0 radical (unpaired) electrons. The first kappa shape index (κ1) is 22.1. The molecule has 0 heterocycles. The molecule has 31 heavy (non-hydrogen) atoms. The van der Waals surface area contributed by atoms with E-state index in [0.29, 0.717) is 0 Å². The Bertz CT molecular complexity index is 1170. The van der Waals surface area contributed by atoms with E-state index in [1.54, 1.807) is 26.2 Å². The molecular weight excluding hydrogens is 394 g/mol. The highest BCUT2D eigenvalue weighted by Gasteiger charge is 2.31. The van der Waals surface area contributed by atoms with Crippen LogP contribution in [0.15, 0.2) is 58.1 Å². The summed E-state index contributed by atoms with van der Waals surface area (Å²) in [4.78, 5) is 38.3. The van der Waals surface area contributed by atoms with Crippen LogP contribution in [0.3, 0.4) is 0 Å². The fourth-order valence-corrected chi connectivity index (χ4v) is 3.43. The van der Waals surface area contributed by atoms with Gasteiger partial charge in [-0.2, -0.15) is 0 Å². The Kier molecular flexibility index (Phi) is 5.88. The highest BCUT2D eigenvalue weighted by molar-refractivity contribution is 5.99. The van der Waals surface area contributed by atoms with Crippen LogP contribution in [0.4, 0.5) is 17.1 Å². The van der Waals surface area contributed by atoms with Crippen LogP contribution >= 0.6 is 0 Å². The minimum atomic E-state index is -0.674. The molecule has 1 atom stereocenters. The SMILES string of the molecule is CN(C)C(=O)c1cccc(Nc2c(NC(c3ccccc3)C(C)(C)C)c(=O)c2=O)c1O. The molecule has 3 N–H and O–H groups in total. The zero-order valence-electron chi connectivity index (χ0n) is 18.3. The van der Waals surface area contributed by atoms with Crippen LogP contribution in [-0.4, -0.2) is 30.0 Å². The van der Waals surface area contributed by atoms with Crippen LogP contribution in [0, 0.1) is 5.41 Å². The van der Waals surface area contributed by atoms with E-state index in [4.69, 9.17) is 0 Å². The smallest absolute Gasteiger partial charge is 0.257 e. The van der Waals surface area contributed by atoms with Gasteiger partial charge in [0.05, 0.1) is 17.3 Å². The molecule has 1 amide bonds. The third kappa shape index (κ3) is 4.30. The number of carbonyl (C=O) groups is 1. The van der Waals surface area contributed by atoms with Gasteiger partial charge < -0.3 is 20.6 Å². The van der Waals surface area contributed by atoms with Gasteiger partial charge in [-0.05, 0) is 23.1 Å². The lowest BCUT2D eigenvalue weighted by Gasteiger charge is -2.33. The number of benzene rings is 2. The molecule has 3 aromatic carbocycles. The molecule has 0 saturated carbocycles. The van der Waals surface area contributed by atoms with Crippen LogP contribution in [0.5, 0.6) is 5.75 Å². The lowest BCUT2D eigenvalue weighted by Crippen LogP contribution is -2.39. The lowest BCUT2D eigenvalue weighted by molar-refractivity contribution is 0.0824. The van der Waals surface area contributed by atoms with Crippen LogP contribution < -0.4 is 21.5 Å². The van der Waals surface area contributed by atoms with Crippen molar-refractivity contribution < 1.29 is 9.90 Å². The van der Waals surface area contributed by atoms with Crippen molar-refractivity contribution in [1.82, 2.24) is 4.90 Å². The molecule has 0 spiro atoms. The van der Waals surface area contributed by atoms with Crippen LogP contribution in [0.1, 0.15) is 42.7 Å². The monoisotopic (exact) mass is 421 g/mol. The van der Waals surface area contributed by atoms with Gasteiger partial charge in [0, 0.05) is 14.1 Å². The zero-order valence-corrected chi connectivity index (χ0v) is 18.3. The molecule has 7 nitrogen and oxygen atoms in total. The number of rotatable bonds is 6. The molecule has 0 bridgehead atoms. The van der Waals surface area contributed by atoms with E-state index in [9.17, 15) is 19.5 Å². The van der Waals surface area contributed by atoms with Crippen molar-refractivity contribution in [3.63, 3.8) is 0 Å². The number of aromatic hydroxyl groups is 1. The summed E-state index contributed by atoms with van der Waals surface area (Å²) in [5.74, 6) is -0.656. The summed E-state index contributed by atoms with van der Waals surface area (Å²) < 4.78 is 0. The molecule has 0 saturated heterocycles. The van der Waals surface area contributed by atoms with E-state index in [-0.39, 0.29) is 45.7 Å². The number of amides is 1. The van der Waals surface area contributed by atoms with Gasteiger partial charge in [-0.3, -0.25) is 14.4 Å². The van der Waals surface area contributed by atoms with Crippen LogP contribution in [-0.2, 0) is 0 Å². The Morgan fingerprint density at radius 3 is 2.13 bits per heavy atom. The largest absolute Gasteiger partial charge is 0.505 e. The lowest BCUT2D eigenvalue weighted by atomic mass is 9.82. The summed E-state index contributed by atoms with van der Waals surface area (Å²) >= 11 is 0. The van der Waals surface area contributed by atoms with Crippen molar-refractivity contribution in [3.8, 4) is 5.75 Å². The Morgan fingerprint density at radius 1 is 0.935 bits per heavy atom. The quantitative estimate of drug-likeness (QED) is 0.415. The second-order valence-electron chi connectivity index (χ2n) is 8.79. The minimum Gasteiger partial charge on any atom is -0.505 e. The average Bonchev–Trinajstić information content (AvgIpc) is 2.73. The van der Waals surface area contributed by atoms with Crippen molar-refractivity contribution in [3.05, 3.63) is 80.1 Å². The second kappa shape index (κ2) is 8.26. The number of hydrogen-bond acceptors (Lipinski definition) is 6. The summed E-state index contributed by atoms with van der Waals surface area (Å²) in [5.41, 5.74) is -0.0547. The maximum atomic E-state index is 12.4. The average molecular weight is 421 g/mol. The normalized spacial score (nSPS) is 12.4. The molecule has 7 heteroatoms. The van der Waals surface area contributed by atoms with Gasteiger partial charge >= 0.3 is 0 Å². The van der Waals surface area contributed by atoms with E-state index >= 15 is 0 Å². The van der Waals surface area contributed by atoms with Gasteiger partial charge in [0.25, 0.3) is 16.8 Å². The molecule has 3 aromatic rings. The van der Waals surface area contributed by atoms with E-state index < -0.39 is 10.9 Å². The Balaban J connectivity index is 1.96. The first-order valence-electron chi connectivity index (χ1n) is 9.97. The first-order chi connectivity index (χ1) is 14.5. The number of para-hydroxylation sites is 1. The summed E-state index contributed by atoms with van der Waals surface area (Å²) in [7, 11) is 3.16. The number of anilines is 3. The standard InChI is InChI=1S/C24H27N3O4/c1-24(2,3)22(14-10-7-6-8-11-14)26-18-17(20(29)21(18)30)25-16-13-9-12-15(19(16)28)23(31)27(4)5/h6-13,22,25-26,28H,1-5H3. The zero-order chi connectivity index (χ0) is 22.9. The third-order valence-corrected chi connectivity index (χ3v) is 5.13. The Morgan fingerprint density at radius 2 is 1.55 bits per heavy atom. The van der Waals surface area contributed by atoms with Gasteiger partial charge in [0.1, 0.15) is 11.4 Å². The fourth-order valence-electron chi connectivity index (χ4n) is 3.43. The maximum Gasteiger partial charge on any atom is 0.257 e. The number of nitrogens with zero attached hydrogens (tertiary/aromatic N) is 1. The van der Waals surface area contributed by atoms with E-state index in [0.717, 1.165) is 5.56 Å². The second-order valence-corrected chi connectivity index (χ2v) is 8.79. The predicted molar refractivity (Wildman–Crippen MR) is 123 cm³/mol. The van der Waals surface area contributed by atoms with Crippen molar-refractivity contribution in [1.29, 1.82) is 0 Å². The molecule has 0 fully saturated rings. The fraction of sp³-hybridized carbons (Fsp3) is 0.292. The molecule has 1 unspecified atom stereocenters. The first-order valence-corrected chi connectivity index (χ1v) is 9.97.